The summed E-state index contributed by atoms with van der Waals surface area (Å²) in [5.41, 5.74) is 2.14. The number of nitrogens with one attached hydrogen (secondary N) is 1. The van der Waals surface area contributed by atoms with Crippen molar-refractivity contribution in [3.8, 4) is 0 Å². The zero-order valence-corrected chi connectivity index (χ0v) is 17.7. The lowest BCUT2D eigenvalue weighted by atomic mass is 10.1. The minimum Gasteiger partial charge on any atom is -0.452 e. The summed E-state index contributed by atoms with van der Waals surface area (Å²) < 4.78 is 31.3. The monoisotopic (exact) mass is 418 g/mol. The molecule has 0 heterocycles. The van der Waals surface area contributed by atoms with Crippen molar-refractivity contribution in [2.45, 2.75) is 32.2 Å². The number of hydrogen-bond acceptors (Lipinski definition) is 5. The first-order chi connectivity index (χ1) is 13.8. The van der Waals surface area contributed by atoms with Gasteiger partial charge in [-0.15, -0.1) is 0 Å². The summed E-state index contributed by atoms with van der Waals surface area (Å²) in [5.74, 6) is -1.00. The summed E-state index contributed by atoms with van der Waals surface area (Å²) >= 11 is 0. The fraction of sp³-hybridized carbons (Fsp3) is 0.333. The number of sulfonamides is 1. The van der Waals surface area contributed by atoms with Crippen molar-refractivity contribution in [3.63, 3.8) is 0 Å². The van der Waals surface area contributed by atoms with Gasteiger partial charge in [-0.05, 0) is 36.8 Å². The van der Waals surface area contributed by atoms with Crippen LogP contribution in [0, 0.1) is 6.92 Å². The van der Waals surface area contributed by atoms with E-state index >= 15 is 0 Å². The maximum Gasteiger partial charge on any atom is 0.338 e. The number of carbonyl (C=O) groups is 2. The molecule has 0 atom stereocenters. The van der Waals surface area contributed by atoms with Crippen LogP contribution in [-0.2, 0) is 26.1 Å². The van der Waals surface area contributed by atoms with Crippen LogP contribution in [0.1, 0.15) is 35.3 Å². The molecule has 0 aliphatic rings. The Bertz CT molecular complexity index is 934. The van der Waals surface area contributed by atoms with E-state index in [-0.39, 0.29) is 18.0 Å². The van der Waals surface area contributed by atoms with Crippen molar-refractivity contribution in [2.24, 2.45) is 0 Å². The summed E-state index contributed by atoms with van der Waals surface area (Å²) in [6.45, 7) is 6.10. The highest BCUT2D eigenvalue weighted by Gasteiger charge is 2.21. The van der Waals surface area contributed by atoms with Gasteiger partial charge >= 0.3 is 5.97 Å². The Hall–Kier alpha value is -2.71. The van der Waals surface area contributed by atoms with E-state index in [0.29, 0.717) is 18.7 Å². The van der Waals surface area contributed by atoms with Gasteiger partial charge in [0, 0.05) is 19.6 Å². The molecule has 7 nitrogen and oxygen atoms in total. The molecule has 29 heavy (non-hydrogen) atoms. The Morgan fingerprint density at radius 3 is 2.10 bits per heavy atom. The van der Waals surface area contributed by atoms with Crippen molar-refractivity contribution in [1.29, 1.82) is 0 Å². The molecule has 156 valence electrons. The van der Waals surface area contributed by atoms with Crippen molar-refractivity contribution in [3.05, 3.63) is 65.2 Å². The van der Waals surface area contributed by atoms with Gasteiger partial charge in [-0.1, -0.05) is 43.7 Å². The lowest BCUT2D eigenvalue weighted by Crippen LogP contribution is -2.30. The van der Waals surface area contributed by atoms with Crippen LogP contribution in [0.3, 0.4) is 0 Å². The van der Waals surface area contributed by atoms with E-state index in [4.69, 9.17) is 4.74 Å². The molecule has 8 heteroatoms. The number of ether oxygens (including phenoxy) is 1. The van der Waals surface area contributed by atoms with Gasteiger partial charge in [0.2, 0.25) is 10.0 Å². The molecule has 0 unspecified atom stereocenters. The SMILES string of the molecule is CCN(CC)S(=O)(=O)c1ccc(CNC(=O)COC(=O)c2ccc(C)cc2)cc1. The van der Waals surface area contributed by atoms with E-state index in [9.17, 15) is 18.0 Å². The van der Waals surface area contributed by atoms with Crippen molar-refractivity contribution in [1.82, 2.24) is 9.62 Å². The standard InChI is InChI=1S/C21H26N2O5S/c1-4-23(5-2)29(26,27)19-12-8-17(9-13-19)14-22-20(24)15-28-21(25)18-10-6-16(3)7-11-18/h6-13H,4-5,14-15H2,1-3H3,(H,22,24). The minimum atomic E-state index is -3.51. The van der Waals surface area contributed by atoms with Gasteiger partial charge in [0.1, 0.15) is 0 Å². The quantitative estimate of drug-likeness (QED) is 0.632. The molecule has 0 fully saturated rings. The normalized spacial score (nSPS) is 11.3. The van der Waals surface area contributed by atoms with Crippen molar-refractivity contribution < 1.29 is 22.7 Å². The van der Waals surface area contributed by atoms with Crippen LogP contribution >= 0.6 is 0 Å². The molecule has 1 N–H and O–H groups in total. The Morgan fingerprint density at radius 2 is 1.55 bits per heavy atom. The number of amides is 1. The molecule has 0 aromatic heterocycles. The predicted molar refractivity (Wildman–Crippen MR) is 110 cm³/mol. The molecule has 0 saturated carbocycles. The molecule has 0 saturated heterocycles. The second-order valence-corrected chi connectivity index (χ2v) is 8.39. The van der Waals surface area contributed by atoms with E-state index in [2.05, 4.69) is 5.32 Å². The maximum absolute atomic E-state index is 12.5. The second-order valence-electron chi connectivity index (χ2n) is 6.45. The first-order valence-electron chi connectivity index (χ1n) is 9.37. The van der Waals surface area contributed by atoms with Crippen LogP contribution in [-0.4, -0.2) is 44.3 Å². The zero-order valence-electron chi connectivity index (χ0n) is 16.8. The largest absolute Gasteiger partial charge is 0.452 e. The highest BCUT2D eigenvalue weighted by Crippen LogP contribution is 2.16. The highest BCUT2D eigenvalue weighted by atomic mass is 32.2. The number of aryl methyl sites for hydroxylation is 1. The predicted octanol–water partition coefficient (Wildman–Crippen LogP) is 2.50. The van der Waals surface area contributed by atoms with E-state index in [1.807, 2.05) is 6.92 Å². The minimum absolute atomic E-state index is 0.201. The van der Waals surface area contributed by atoms with E-state index < -0.39 is 21.9 Å². The summed E-state index contributed by atoms with van der Waals surface area (Å²) in [6.07, 6.45) is 0. The number of benzene rings is 2. The third-order valence-corrected chi connectivity index (χ3v) is 6.44. The van der Waals surface area contributed by atoms with Gasteiger partial charge in [0.05, 0.1) is 10.5 Å². The van der Waals surface area contributed by atoms with Crippen LogP contribution in [0.2, 0.25) is 0 Å². The molecule has 2 aromatic rings. The third-order valence-electron chi connectivity index (χ3n) is 4.38. The number of hydrogen-bond donors (Lipinski definition) is 1. The maximum atomic E-state index is 12.5. The summed E-state index contributed by atoms with van der Waals surface area (Å²) in [4.78, 5) is 24.0. The third kappa shape index (κ3) is 6.13. The van der Waals surface area contributed by atoms with E-state index in [0.717, 1.165) is 11.1 Å². The molecule has 0 aliphatic heterocycles. The number of carbonyl (C=O) groups excluding carboxylic acids is 2. The van der Waals surface area contributed by atoms with Gasteiger partial charge < -0.3 is 10.1 Å². The Labute approximate surface area is 171 Å². The smallest absolute Gasteiger partial charge is 0.338 e. The Kier molecular flexibility index (Phi) is 7.92. The highest BCUT2D eigenvalue weighted by molar-refractivity contribution is 7.89. The van der Waals surface area contributed by atoms with Crippen LogP contribution in [0.5, 0.6) is 0 Å². The van der Waals surface area contributed by atoms with Crippen molar-refractivity contribution >= 4 is 21.9 Å². The molecular formula is C21H26N2O5S. The van der Waals surface area contributed by atoms with Gasteiger partial charge in [0.25, 0.3) is 5.91 Å². The van der Waals surface area contributed by atoms with Crippen molar-refractivity contribution in [2.75, 3.05) is 19.7 Å². The first-order valence-corrected chi connectivity index (χ1v) is 10.8. The first kappa shape index (κ1) is 22.6. The molecule has 0 spiro atoms. The zero-order chi connectivity index (χ0) is 21.4. The van der Waals surface area contributed by atoms with E-state index in [1.54, 1.807) is 50.2 Å². The molecule has 1 amide bonds. The number of nitrogens with zero attached hydrogens (tertiary/aromatic N) is 1. The summed E-state index contributed by atoms with van der Waals surface area (Å²) in [7, 11) is -3.51. The molecule has 2 aromatic carbocycles. The van der Waals surface area contributed by atoms with Crippen LogP contribution in [0.25, 0.3) is 0 Å². The average molecular weight is 419 g/mol. The average Bonchev–Trinajstić information content (AvgIpc) is 2.72. The van der Waals surface area contributed by atoms with Gasteiger partial charge in [-0.25, -0.2) is 13.2 Å². The number of rotatable bonds is 9. The molecule has 0 radical (unpaired) electrons. The van der Waals surface area contributed by atoms with Crippen LogP contribution in [0.4, 0.5) is 0 Å². The fourth-order valence-electron chi connectivity index (χ4n) is 2.65. The lowest BCUT2D eigenvalue weighted by Gasteiger charge is -2.18. The molecule has 0 aliphatic carbocycles. The Morgan fingerprint density at radius 1 is 0.966 bits per heavy atom. The molecule has 2 rings (SSSR count). The van der Waals surface area contributed by atoms with Gasteiger partial charge in [-0.2, -0.15) is 4.31 Å². The summed E-state index contributed by atoms with van der Waals surface area (Å²) in [6, 6.07) is 13.2. The fourth-order valence-corrected chi connectivity index (χ4v) is 4.11. The topological polar surface area (TPSA) is 92.8 Å². The number of esters is 1. The van der Waals surface area contributed by atoms with E-state index in [1.165, 1.54) is 16.4 Å². The summed E-state index contributed by atoms with van der Waals surface area (Å²) in [5, 5.41) is 2.64. The van der Waals surface area contributed by atoms with Gasteiger partial charge in [0.15, 0.2) is 6.61 Å². The van der Waals surface area contributed by atoms with Crippen LogP contribution < -0.4 is 5.32 Å². The van der Waals surface area contributed by atoms with Gasteiger partial charge in [-0.3, -0.25) is 4.79 Å². The second kappa shape index (κ2) is 10.2. The Balaban J connectivity index is 1.86. The van der Waals surface area contributed by atoms with Crippen LogP contribution in [0.15, 0.2) is 53.4 Å². The molecule has 0 bridgehead atoms. The lowest BCUT2D eigenvalue weighted by molar-refractivity contribution is -0.124. The molecular weight excluding hydrogens is 392 g/mol.